The zero-order chi connectivity index (χ0) is 43.5. The summed E-state index contributed by atoms with van der Waals surface area (Å²) in [6.07, 6.45) is 12.7. The number of aryl methyl sites for hydroxylation is 2. The number of likely N-dealkylation sites (tertiary alicyclic amines) is 2. The molecular weight excluding hydrogens is 769 g/mol. The average molecular weight is 839 g/mol. The van der Waals surface area contributed by atoms with E-state index in [0.29, 0.717) is 58.0 Å². The monoisotopic (exact) mass is 839 g/mol. The van der Waals surface area contributed by atoms with E-state index in [2.05, 4.69) is 51.6 Å². The topological polar surface area (TPSA) is 157 Å². The number of hydrogen-bond donors (Lipinski definition) is 4. The molecule has 2 aliphatic carbocycles. The minimum atomic E-state index is -0.757. The van der Waals surface area contributed by atoms with Crippen LogP contribution < -0.4 is 21.3 Å². The van der Waals surface area contributed by atoms with Crippen LogP contribution in [-0.4, -0.2) is 95.5 Å². The van der Waals surface area contributed by atoms with E-state index < -0.39 is 30.2 Å². The molecule has 2 aliphatic heterocycles. The molecule has 332 valence electrons. The lowest BCUT2D eigenvalue weighted by Crippen LogP contribution is -2.54. The van der Waals surface area contributed by atoms with Crippen LogP contribution in [0.15, 0.2) is 48.5 Å². The number of rotatable bonds is 19. The summed E-state index contributed by atoms with van der Waals surface area (Å²) in [4.78, 5) is 85.5. The maximum absolute atomic E-state index is 14.2. The largest absolute Gasteiger partial charge is 0.347 e. The zero-order valence-electron chi connectivity index (χ0n) is 37.0. The van der Waals surface area contributed by atoms with Gasteiger partial charge in [0.1, 0.15) is 18.1 Å². The average Bonchev–Trinajstić information content (AvgIpc) is 3.98. The normalized spacial score (nSPS) is 22.4. The van der Waals surface area contributed by atoms with Crippen molar-refractivity contribution in [2.75, 3.05) is 20.1 Å². The number of unbranched alkanes of at least 4 members (excludes halogenated alkanes) is 3. The number of nitrogens with zero attached hydrogens (tertiary/aromatic N) is 2. The lowest BCUT2D eigenvalue weighted by molar-refractivity contribution is -0.142. The molecule has 12 heteroatoms. The zero-order valence-corrected chi connectivity index (χ0v) is 37.0. The first kappa shape index (κ1) is 45.9. The molecule has 2 aromatic rings. The SMILES string of the molecule is CN[C@@H](C)C(=O)N[C@@H](CCCCCC[C@H](NC(=O)C(C)C)C(=O)N1CCC[C@H]1C(=O)N[C@@H]1CCCc2ccccc21)C(=O)N1CCC[C@H]1C(=O)C[C@@H]1CCCc2ccccc21. The van der Waals surface area contributed by atoms with Gasteiger partial charge >= 0.3 is 0 Å². The van der Waals surface area contributed by atoms with Gasteiger partial charge in [-0.3, -0.25) is 28.8 Å². The highest BCUT2D eigenvalue weighted by molar-refractivity contribution is 5.95. The molecule has 7 atom stereocenters. The first-order valence-corrected chi connectivity index (χ1v) is 23.3. The molecule has 2 heterocycles. The van der Waals surface area contributed by atoms with E-state index in [1.807, 2.05) is 18.2 Å². The number of benzene rings is 2. The van der Waals surface area contributed by atoms with Crippen molar-refractivity contribution in [3.8, 4) is 0 Å². The fraction of sp³-hybridized carbons (Fsp3) is 0.633. The number of likely N-dealkylation sites (N-methyl/N-ethyl adjacent to an activating group) is 1. The highest BCUT2D eigenvalue weighted by atomic mass is 16.2. The van der Waals surface area contributed by atoms with Gasteiger partial charge < -0.3 is 31.1 Å². The van der Waals surface area contributed by atoms with Crippen LogP contribution in [0.3, 0.4) is 0 Å². The van der Waals surface area contributed by atoms with Gasteiger partial charge in [0, 0.05) is 25.4 Å². The second-order valence-electron chi connectivity index (χ2n) is 18.3. The Balaban J connectivity index is 1.03. The molecule has 0 radical (unpaired) electrons. The van der Waals surface area contributed by atoms with Crippen molar-refractivity contribution in [2.24, 2.45) is 5.92 Å². The number of nitrogens with one attached hydrogen (secondary N) is 4. The van der Waals surface area contributed by atoms with Gasteiger partial charge in [-0.05, 0) is 119 Å². The second kappa shape index (κ2) is 22.0. The molecule has 0 spiro atoms. The van der Waals surface area contributed by atoms with E-state index in [0.717, 1.165) is 69.8 Å². The highest BCUT2D eigenvalue weighted by Gasteiger charge is 2.40. The molecule has 2 aromatic carbocycles. The third-order valence-electron chi connectivity index (χ3n) is 13.7. The van der Waals surface area contributed by atoms with Crippen molar-refractivity contribution in [2.45, 2.75) is 172 Å². The fourth-order valence-corrected chi connectivity index (χ4v) is 10.0. The highest BCUT2D eigenvalue weighted by Crippen LogP contribution is 2.36. The second-order valence-corrected chi connectivity index (χ2v) is 18.3. The van der Waals surface area contributed by atoms with Crippen molar-refractivity contribution in [1.29, 1.82) is 0 Å². The van der Waals surface area contributed by atoms with Crippen molar-refractivity contribution < 1.29 is 28.8 Å². The third kappa shape index (κ3) is 11.7. The first-order valence-electron chi connectivity index (χ1n) is 23.3. The molecule has 61 heavy (non-hydrogen) atoms. The van der Waals surface area contributed by atoms with Crippen LogP contribution in [-0.2, 0) is 41.6 Å². The van der Waals surface area contributed by atoms with E-state index in [1.54, 1.807) is 37.6 Å². The summed E-state index contributed by atoms with van der Waals surface area (Å²) in [7, 11) is 1.70. The molecule has 5 amide bonds. The Kier molecular flexibility index (Phi) is 16.5. The summed E-state index contributed by atoms with van der Waals surface area (Å²) in [5.74, 6) is -1.05. The standard InChI is InChI=1S/C49H70N6O6/c1-32(2)45(57)52-40(49(61)55-30-16-28-43(55)47(59)51-39-26-14-20-35-18-10-12-23-38(35)39)24-7-5-6-8-25-41(53-46(58)33(3)50-4)48(60)54-29-15-27-42(54)44(56)31-36-21-13-19-34-17-9-11-22-37(34)36/h9-12,17-18,22-23,32-33,36,39-43,50H,5-8,13-16,19-21,24-31H2,1-4H3,(H,51,59)(H,52,57)(H,53,58)/t33-,36-,39+,40-,41-,42-,43-/m0/s1. The number of Topliss-reactive ketones (excluding diaryl/α,β-unsaturated/α-hetero) is 1. The van der Waals surface area contributed by atoms with Crippen molar-refractivity contribution >= 4 is 35.3 Å². The maximum Gasteiger partial charge on any atom is 0.245 e. The Morgan fingerprint density at radius 1 is 0.639 bits per heavy atom. The Bertz CT molecular complexity index is 1870. The van der Waals surface area contributed by atoms with Crippen molar-refractivity contribution in [3.63, 3.8) is 0 Å². The smallest absolute Gasteiger partial charge is 0.245 e. The summed E-state index contributed by atoms with van der Waals surface area (Å²) < 4.78 is 0. The summed E-state index contributed by atoms with van der Waals surface area (Å²) in [6.45, 7) is 6.32. The molecule has 6 rings (SSSR count). The lowest BCUT2D eigenvalue weighted by Gasteiger charge is -2.32. The fourth-order valence-electron chi connectivity index (χ4n) is 10.0. The quantitative estimate of drug-likeness (QED) is 0.130. The molecule has 0 saturated carbocycles. The molecule has 2 fully saturated rings. The molecule has 2 saturated heterocycles. The van der Waals surface area contributed by atoms with E-state index in [1.165, 1.54) is 16.7 Å². The molecule has 0 aromatic heterocycles. The molecule has 12 nitrogen and oxygen atoms in total. The van der Waals surface area contributed by atoms with Gasteiger partial charge in [-0.2, -0.15) is 0 Å². The Morgan fingerprint density at radius 3 is 1.80 bits per heavy atom. The van der Waals surface area contributed by atoms with E-state index >= 15 is 0 Å². The Hall–Kier alpha value is -4.58. The number of hydrogen-bond acceptors (Lipinski definition) is 7. The summed E-state index contributed by atoms with van der Waals surface area (Å²) in [6, 6.07) is 13.5. The van der Waals surface area contributed by atoms with Crippen LogP contribution in [0, 0.1) is 5.92 Å². The van der Waals surface area contributed by atoms with Gasteiger partial charge in [0.05, 0.1) is 18.1 Å². The molecule has 0 unspecified atom stereocenters. The van der Waals surface area contributed by atoms with Crippen LogP contribution in [0.25, 0.3) is 0 Å². The van der Waals surface area contributed by atoms with Crippen LogP contribution in [0.1, 0.15) is 151 Å². The number of carbonyl (C=O) groups excluding carboxylic acids is 6. The minimum Gasteiger partial charge on any atom is -0.347 e. The van der Waals surface area contributed by atoms with E-state index in [-0.39, 0.29) is 53.2 Å². The van der Waals surface area contributed by atoms with Crippen LogP contribution >= 0.6 is 0 Å². The molecule has 4 N–H and O–H groups in total. The van der Waals surface area contributed by atoms with Gasteiger partial charge in [0.15, 0.2) is 5.78 Å². The lowest BCUT2D eigenvalue weighted by atomic mass is 9.79. The van der Waals surface area contributed by atoms with Crippen LogP contribution in [0.4, 0.5) is 0 Å². The van der Waals surface area contributed by atoms with Crippen molar-refractivity contribution in [3.05, 3.63) is 70.8 Å². The van der Waals surface area contributed by atoms with Gasteiger partial charge in [-0.1, -0.05) is 88.1 Å². The third-order valence-corrected chi connectivity index (χ3v) is 13.7. The molecule has 0 bridgehead atoms. The summed E-state index contributed by atoms with van der Waals surface area (Å²) in [5.41, 5.74) is 4.98. The Morgan fingerprint density at radius 2 is 1.18 bits per heavy atom. The minimum absolute atomic E-state index is 0.0781. The molecular formula is C49H70N6O6. The maximum atomic E-state index is 14.2. The van der Waals surface area contributed by atoms with Gasteiger partial charge in [0.2, 0.25) is 29.5 Å². The van der Waals surface area contributed by atoms with Gasteiger partial charge in [-0.15, -0.1) is 0 Å². The van der Waals surface area contributed by atoms with Crippen LogP contribution in [0.5, 0.6) is 0 Å². The number of ketones is 1. The first-order chi connectivity index (χ1) is 29.5. The predicted molar refractivity (Wildman–Crippen MR) is 236 cm³/mol. The van der Waals surface area contributed by atoms with Crippen molar-refractivity contribution in [1.82, 2.24) is 31.1 Å². The van der Waals surface area contributed by atoms with Gasteiger partial charge in [0.25, 0.3) is 0 Å². The molecule has 4 aliphatic rings. The van der Waals surface area contributed by atoms with E-state index in [4.69, 9.17) is 0 Å². The number of fused-ring (bicyclic) bond motifs is 2. The predicted octanol–water partition coefficient (Wildman–Crippen LogP) is 5.82. The van der Waals surface area contributed by atoms with Gasteiger partial charge in [-0.25, -0.2) is 0 Å². The van der Waals surface area contributed by atoms with E-state index in [9.17, 15) is 28.8 Å². The number of carbonyl (C=O) groups is 6. The van der Waals surface area contributed by atoms with Crippen LogP contribution in [0.2, 0.25) is 0 Å². The Labute approximate surface area is 363 Å². The summed E-state index contributed by atoms with van der Waals surface area (Å²) >= 11 is 0. The summed E-state index contributed by atoms with van der Waals surface area (Å²) in [5, 5.41) is 12.2. The number of amides is 5.